The highest BCUT2D eigenvalue weighted by atomic mass is 35.5. The van der Waals surface area contributed by atoms with Crippen LogP contribution in [0.2, 0.25) is 10.0 Å². The zero-order valence-corrected chi connectivity index (χ0v) is 33.3. The predicted molar refractivity (Wildman–Crippen MR) is 231 cm³/mol. The summed E-state index contributed by atoms with van der Waals surface area (Å²) in [5.74, 6) is -2.23. The average molecular weight is 848 g/mol. The number of amides is 2. The SMILES string of the molecule is [2H]C1([2H])N(CCc2cc3c(cc2Cl)NC(=O)C3C2(O)C(=O)Nc3cc(Cl)c(CCN4CCN(c5nsc6ccccc56)CC4)cc32)C([2H])([2H])C([2H])([2H])N(c2nsc3ccccc23)C1([2H])[2H]. The molecule has 4 aliphatic heterocycles. The lowest BCUT2D eigenvalue weighted by molar-refractivity contribution is -0.141. The molecule has 2 atom stereocenters. The Balaban J connectivity index is 0.892. The fourth-order valence-corrected chi connectivity index (χ4v) is 10.2. The predicted octanol–water partition coefficient (Wildman–Crippen LogP) is 6.82. The van der Waals surface area contributed by atoms with Crippen molar-refractivity contribution in [2.45, 2.75) is 24.4 Å². The van der Waals surface area contributed by atoms with E-state index in [0.29, 0.717) is 43.4 Å². The van der Waals surface area contributed by atoms with E-state index < -0.39 is 55.9 Å². The summed E-state index contributed by atoms with van der Waals surface area (Å²) in [7, 11) is 0. The quantitative estimate of drug-likeness (QED) is 0.144. The Hall–Kier alpha value is -4.34. The number of fused-ring (bicyclic) bond motifs is 4. The van der Waals surface area contributed by atoms with Crippen LogP contribution in [0, 0.1) is 0 Å². The van der Waals surface area contributed by atoms with Gasteiger partial charge in [-0.15, -0.1) is 0 Å². The Kier molecular flexibility index (Phi) is 7.52. The van der Waals surface area contributed by atoms with Crippen LogP contribution in [-0.2, 0) is 28.0 Å². The number of anilines is 4. The number of benzene rings is 4. The van der Waals surface area contributed by atoms with E-state index in [2.05, 4.69) is 36.9 Å². The van der Waals surface area contributed by atoms with Crippen LogP contribution in [0.4, 0.5) is 23.0 Å². The fraction of sp³-hybridized carbons (Fsp3) is 0.333. The molecule has 15 heteroatoms. The van der Waals surface area contributed by atoms with Crippen molar-refractivity contribution < 1.29 is 25.7 Å². The van der Waals surface area contributed by atoms with Crippen LogP contribution in [0.25, 0.3) is 20.2 Å². The number of nitrogens with zero attached hydrogens (tertiary/aromatic N) is 6. The fourth-order valence-electron chi connectivity index (χ4n) is 8.11. The van der Waals surface area contributed by atoms with Crippen molar-refractivity contribution in [2.75, 3.05) is 85.7 Å². The molecule has 11 nitrogen and oxygen atoms in total. The number of aromatic nitrogens is 2. The van der Waals surface area contributed by atoms with Crippen LogP contribution in [0.5, 0.6) is 0 Å². The van der Waals surface area contributed by atoms with Gasteiger partial charge in [0.2, 0.25) is 5.91 Å². The second-order valence-corrected chi connectivity index (χ2v) is 16.9. The minimum absolute atomic E-state index is 0.0857. The lowest BCUT2D eigenvalue weighted by Gasteiger charge is -2.35. The van der Waals surface area contributed by atoms with Gasteiger partial charge in [-0.1, -0.05) is 53.5 Å². The molecule has 0 spiro atoms. The lowest BCUT2D eigenvalue weighted by Crippen LogP contribution is -2.47. The molecular weight excluding hydrogens is 800 g/mol. The first kappa shape index (κ1) is 29.0. The summed E-state index contributed by atoms with van der Waals surface area (Å²) in [6.45, 7) is -9.34. The molecule has 2 amide bonds. The zero-order chi connectivity index (χ0) is 46.0. The minimum Gasteiger partial charge on any atom is -0.374 e. The summed E-state index contributed by atoms with van der Waals surface area (Å²) in [6.07, 6.45) is 0.252. The summed E-state index contributed by atoms with van der Waals surface area (Å²) >= 11 is 16.0. The Morgan fingerprint density at radius 1 is 0.737 bits per heavy atom. The molecule has 292 valence electrons. The second kappa shape index (κ2) is 14.8. The van der Waals surface area contributed by atoms with Crippen molar-refractivity contribution in [3.8, 4) is 0 Å². The molecule has 6 aromatic rings. The van der Waals surface area contributed by atoms with E-state index in [-0.39, 0.29) is 45.3 Å². The molecule has 2 unspecified atom stereocenters. The van der Waals surface area contributed by atoms with Gasteiger partial charge in [-0.05, 0) is 95.1 Å². The molecule has 0 aliphatic carbocycles. The van der Waals surface area contributed by atoms with E-state index in [1.807, 2.05) is 12.1 Å². The molecule has 4 aliphatic rings. The Bertz CT molecular complexity index is 2910. The molecule has 2 saturated heterocycles. The summed E-state index contributed by atoms with van der Waals surface area (Å²) in [6, 6.07) is 21.0. The van der Waals surface area contributed by atoms with Crippen LogP contribution in [0.3, 0.4) is 0 Å². The third-order valence-electron chi connectivity index (χ3n) is 11.2. The van der Waals surface area contributed by atoms with Crippen LogP contribution >= 0.6 is 46.3 Å². The normalized spacial score (nSPS) is 27.0. The van der Waals surface area contributed by atoms with Crippen molar-refractivity contribution >= 4 is 101 Å². The van der Waals surface area contributed by atoms with E-state index >= 15 is 0 Å². The van der Waals surface area contributed by atoms with E-state index in [1.54, 1.807) is 36.4 Å². The second-order valence-electron chi connectivity index (χ2n) is 14.4. The van der Waals surface area contributed by atoms with Gasteiger partial charge in [0.05, 0.1) is 14.9 Å². The van der Waals surface area contributed by atoms with Gasteiger partial charge in [-0.25, -0.2) is 0 Å². The van der Waals surface area contributed by atoms with E-state index in [0.717, 1.165) is 53.6 Å². The number of hydrogen-bond acceptors (Lipinski definition) is 11. The number of carbonyl (C=O) groups is 2. The van der Waals surface area contributed by atoms with Crippen LogP contribution in [-0.4, -0.2) is 101 Å². The van der Waals surface area contributed by atoms with Gasteiger partial charge in [0.15, 0.2) is 5.60 Å². The summed E-state index contributed by atoms with van der Waals surface area (Å²) < 4.78 is 82.9. The maximum Gasteiger partial charge on any atom is 0.262 e. The van der Waals surface area contributed by atoms with Crippen molar-refractivity contribution in [3.63, 3.8) is 0 Å². The van der Waals surface area contributed by atoms with Gasteiger partial charge >= 0.3 is 0 Å². The van der Waals surface area contributed by atoms with Gasteiger partial charge in [0.1, 0.15) is 17.6 Å². The first-order chi connectivity index (χ1) is 30.8. The number of aliphatic hydroxyl groups is 1. The molecule has 10 rings (SSSR count). The van der Waals surface area contributed by atoms with E-state index in [9.17, 15) is 14.7 Å². The number of nitrogens with one attached hydrogen (secondary N) is 2. The standard InChI is InChI=1S/C42H40Cl2N8O3S2/c43-31-23-33-29(21-25(31)9-11-49-13-17-51(18-14-49)38-27-5-1-3-7-35(27)56-47-38)37(40(53)45-33)42(55)30-22-26(32(44)24-34(30)46-41(42)54)10-12-50-15-19-52(20-16-50)39-28-6-2-4-8-36(28)57-48-39/h1-8,21-24,37,55H,9-20H2,(H,45,53)(H,46,54)/i13D2,14D2,17D2,18D2. The van der Waals surface area contributed by atoms with Gasteiger partial charge in [-0.2, -0.15) is 8.75 Å². The molecular formula is C42H40Cl2N8O3S2. The minimum atomic E-state index is -3.15. The molecule has 3 N–H and O–H groups in total. The molecule has 2 aromatic heterocycles. The van der Waals surface area contributed by atoms with Crippen molar-refractivity contribution in [1.82, 2.24) is 18.5 Å². The zero-order valence-electron chi connectivity index (χ0n) is 38.2. The van der Waals surface area contributed by atoms with Crippen molar-refractivity contribution in [2.24, 2.45) is 0 Å². The van der Waals surface area contributed by atoms with Gasteiger partial charge < -0.3 is 25.5 Å². The number of hydrogen-bond donors (Lipinski definition) is 3. The first-order valence-corrected chi connectivity index (χ1v) is 20.8. The van der Waals surface area contributed by atoms with E-state index in [4.69, 9.17) is 38.5 Å². The van der Waals surface area contributed by atoms with Gasteiger partial charge in [0, 0.05) is 108 Å². The molecule has 0 saturated carbocycles. The topological polar surface area (TPSA) is 117 Å². The third-order valence-corrected chi connectivity index (χ3v) is 13.5. The van der Waals surface area contributed by atoms with Crippen molar-refractivity contribution in [3.05, 3.63) is 105 Å². The van der Waals surface area contributed by atoms with Gasteiger partial charge in [0.25, 0.3) is 5.91 Å². The lowest BCUT2D eigenvalue weighted by atomic mass is 9.77. The smallest absolute Gasteiger partial charge is 0.262 e. The Morgan fingerprint density at radius 3 is 1.98 bits per heavy atom. The highest BCUT2D eigenvalue weighted by Gasteiger charge is 2.57. The van der Waals surface area contributed by atoms with Gasteiger partial charge in [-0.3, -0.25) is 19.4 Å². The van der Waals surface area contributed by atoms with Crippen LogP contribution in [0.1, 0.15) is 39.1 Å². The summed E-state index contributed by atoms with van der Waals surface area (Å²) in [5, 5.41) is 19.9. The molecule has 4 aromatic carbocycles. The Morgan fingerprint density at radius 2 is 1.32 bits per heavy atom. The molecule has 6 heterocycles. The maximum absolute atomic E-state index is 13.9. The first-order valence-electron chi connectivity index (χ1n) is 22.5. The monoisotopic (exact) mass is 846 g/mol. The maximum atomic E-state index is 13.9. The molecule has 57 heavy (non-hydrogen) atoms. The third kappa shape index (κ3) is 6.53. The molecule has 0 radical (unpaired) electrons. The largest absolute Gasteiger partial charge is 0.374 e. The number of piperazine rings is 2. The van der Waals surface area contributed by atoms with E-state index in [1.165, 1.54) is 23.7 Å². The van der Waals surface area contributed by atoms with Crippen molar-refractivity contribution in [1.29, 1.82) is 0 Å². The highest BCUT2D eigenvalue weighted by Crippen LogP contribution is 2.52. The molecule has 0 bridgehead atoms. The van der Waals surface area contributed by atoms with Crippen LogP contribution in [0.15, 0.2) is 72.8 Å². The van der Waals surface area contributed by atoms with Crippen LogP contribution < -0.4 is 20.4 Å². The Labute approximate surface area is 359 Å². The number of carbonyl (C=O) groups excluding carboxylic acids is 2. The highest BCUT2D eigenvalue weighted by molar-refractivity contribution is 7.14. The summed E-state index contributed by atoms with van der Waals surface area (Å²) in [5.41, 5.74) is -0.602. The summed E-state index contributed by atoms with van der Waals surface area (Å²) in [4.78, 5) is 33.3. The average Bonchev–Trinajstić information content (AvgIpc) is 4.02. The molecule has 2 fully saturated rings. The number of rotatable bonds is 9. The number of halogens is 2.